The van der Waals surface area contributed by atoms with E-state index in [0.717, 1.165) is 40.8 Å². The average molecular weight is 298 g/mol. The van der Waals surface area contributed by atoms with Crippen molar-refractivity contribution in [1.82, 2.24) is 15.5 Å². The molecule has 0 fully saturated rings. The molecule has 0 atom stereocenters. The summed E-state index contributed by atoms with van der Waals surface area (Å²) >= 11 is 7.60. The first kappa shape index (κ1) is 14.2. The van der Waals surface area contributed by atoms with Crippen LogP contribution >= 0.6 is 22.9 Å². The fourth-order valence-electron chi connectivity index (χ4n) is 1.68. The van der Waals surface area contributed by atoms with Gasteiger partial charge >= 0.3 is 0 Å². The predicted molar refractivity (Wildman–Crippen MR) is 79.2 cm³/mol. The van der Waals surface area contributed by atoms with Crippen molar-refractivity contribution in [2.75, 3.05) is 20.2 Å². The molecule has 0 aliphatic carbocycles. The number of hydrogen-bond acceptors (Lipinski definition) is 5. The van der Waals surface area contributed by atoms with Crippen LogP contribution in [0.2, 0.25) is 5.02 Å². The number of aromatic nitrogens is 2. The van der Waals surface area contributed by atoms with Crippen LogP contribution in [0.3, 0.4) is 0 Å². The minimum Gasteiger partial charge on any atom is -0.496 e. The number of nitrogens with one attached hydrogen (secondary N) is 1. The third kappa shape index (κ3) is 3.65. The molecule has 1 aromatic carbocycles. The van der Waals surface area contributed by atoms with Crippen molar-refractivity contribution < 1.29 is 4.74 Å². The highest BCUT2D eigenvalue weighted by atomic mass is 35.5. The maximum absolute atomic E-state index is 6.02. The Morgan fingerprint density at radius 1 is 1.37 bits per heavy atom. The maximum Gasteiger partial charge on any atom is 0.151 e. The zero-order chi connectivity index (χ0) is 13.7. The van der Waals surface area contributed by atoms with Crippen LogP contribution in [0.1, 0.15) is 11.9 Å². The molecule has 0 radical (unpaired) electrons. The van der Waals surface area contributed by atoms with Crippen molar-refractivity contribution in [3.8, 4) is 16.3 Å². The van der Waals surface area contributed by atoms with Crippen LogP contribution in [0.25, 0.3) is 10.6 Å². The van der Waals surface area contributed by atoms with Crippen LogP contribution in [-0.4, -0.2) is 30.4 Å². The number of methoxy groups -OCH3 is 1. The van der Waals surface area contributed by atoms with Gasteiger partial charge in [-0.05, 0) is 24.7 Å². The molecule has 1 heterocycles. The Kier molecular flexibility index (Phi) is 5.13. The Morgan fingerprint density at radius 2 is 2.21 bits per heavy atom. The number of hydrogen-bond donors (Lipinski definition) is 1. The van der Waals surface area contributed by atoms with E-state index in [9.17, 15) is 0 Å². The highest BCUT2D eigenvalue weighted by Gasteiger charge is 2.12. The molecule has 0 amide bonds. The first-order chi connectivity index (χ1) is 9.24. The molecule has 0 spiro atoms. The Hall–Kier alpha value is -1.17. The van der Waals surface area contributed by atoms with Crippen molar-refractivity contribution in [1.29, 1.82) is 0 Å². The van der Waals surface area contributed by atoms with E-state index in [1.54, 1.807) is 24.5 Å². The second-order valence-electron chi connectivity index (χ2n) is 3.95. The van der Waals surface area contributed by atoms with Crippen molar-refractivity contribution in [2.45, 2.75) is 13.3 Å². The van der Waals surface area contributed by atoms with Crippen LogP contribution in [-0.2, 0) is 6.42 Å². The molecule has 1 aromatic heterocycles. The van der Waals surface area contributed by atoms with Crippen LogP contribution in [0.4, 0.5) is 0 Å². The summed E-state index contributed by atoms with van der Waals surface area (Å²) < 4.78 is 5.33. The molecule has 0 saturated carbocycles. The quantitative estimate of drug-likeness (QED) is 0.833. The fourth-order valence-corrected chi connectivity index (χ4v) is 2.72. The van der Waals surface area contributed by atoms with E-state index in [4.69, 9.17) is 16.3 Å². The molecule has 1 N–H and O–H groups in total. The molecule has 0 aliphatic rings. The van der Waals surface area contributed by atoms with Gasteiger partial charge in [-0.2, -0.15) is 0 Å². The maximum atomic E-state index is 6.02. The first-order valence-electron chi connectivity index (χ1n) is 6.11. The summed E-state index contributed by atoms with van der Waals surface area (Å²) in [6.45, 7) is 3.97. The first-order valence-corrected chi connectivity index (χ1v) is 7.31. The summed E-state index contributed by atoms with van der Waals surface area (Å²) in [7, 11) is 1.64. The van der Waals surface area contributed by atoms with E-state index in [-0.39, 0.29) is 0 Å². The standard InChI is InChI=1S/C13H16ClN3OS/c1-3-15-7-6-12-16-17-13(19-12)10-8-9(14)4-5-11(10)18-2/h4-5,8,15H,3,6-7H2,1-2H3. The summed E-state index contributed by atoms with van der Waals surface area (Å²) in [4.78, 5) is 0. The van der Waals surface area contributed by atoms with Gasteiger partial charge in [0.2, 0.25) is 0 Å². The topological polar surface area (TPSA) is 47.0 Å². The average Bonchev–Trinajstić information content (AvgIpc) is 2.88. The van der Waals surface area contributed by atoms with E-state index >= 15 is 0 Å². The normalized spacial score (nSPS) is 10.7. The lowest BCUT2D eigenvalue weighted by Crippen LogP contribution is -2.15. The summed E-state index contributed by atoms with van der Waals surface area (Å²) in [5.41, 5.74) is 0.891. The molecule has 6 heteroatoms. The molecule has 0 aliphatic heterocycles. The molecule has 0 unspecified atom stereocenters. The fraction of sp³-hybridized carbons (Fsp3) is 0.385. The second-order valence-corrected chi connectivity index (χ2v) is 5.45. The van der Waals surface area contributed by atoms with Gasteiger partial charge in [0.15, 0.2) is 5.01 Å². The molecule has 2 aromatic rings. The van der Waals surface area contributed by atoms with Crippen LogP contribution in [0.5, 0.6) is 5.75 Å². The summed E-state index contributed by atoms with van der Waals surface area (Å²) in [5, 5.41) is 14.2. The van der Waals surface area contributed by atoms with E-state index in [1.807, 2.05) is 12.1 Å². The molecular formula is C13H16ClN3OS. The van der Waals surface area contributed by atoms with Gasteiger partial charge in [0, 0.05) is 18.0 Å². The Labute approximate surface area is 121 Å². The summed E-state index contributed by atoms with van der Waals surface area (Å²) in [6.07, 6.45) is 0.883. The monoisotopic (exact) mass is 297 g/mol. The number of halogens is 1. The smallest absolute Gasteiger partial charge is 0.151 e. The Balaban J connectivity index is 2.20. The van der Waals surface area contributed by atoms with Gasteiger partial charge in [0.25, 0.3) is 0 Å². The zero-order valence-corrected chi connectivity index (χ0v) is 12.5. The van der Waals surface area contributed by atoms with Gasteiger partial charge in [-0.25, -0.2) is 0 Å². The van der Waals surface area contributed by atoms with Crippen LogP contribution in [0, 0.1) is 0 Å². The molecule has 4 nitrogen and oxygen atoms in total. The third-order valence-electron chi connectivity index (χ3n) is 2.62. The molecule has 102 valence electrons. The minimum atomic E-state index is 0.667. The second kappa shape index (κ2) is 6.84. The Bertz CT molecular complexity index is 544. The van der Waals surface area contributed by atoms with Gasteiger partial charge in [0.05, 0.1) is 12.7 Å². The van der Waals surface area contributed by atoms with E-state index in [0.29, 0.717) is 5.02 Å². The highest BCUT2D eigenvalue weighted by Crippen LogP contribution is 2.34. The lowest BCUT2D eigenvalue weighted by atomic mass is 10.2. The summed E-state index contributed by atoms with van der Waals surface area (Å²) in [5.74, 6) is 0.763. The molecule has 0 bridgehead atoms. The van der Waals surface area contributed by atoms with Gasteiger partial charge in [-0.3, -0.25) is 0 Å². The molecule has 19 heavy (non-hydrogen) atoms. The molecular weight excluding hydrogens is 282 g/mol. The highest BCUT2D eigenvalue weighted by molar-refractivity contribution is 7.14. The van der Waals surface area contributed by atoms with Crippen LogP contribution < -0.4 is 10.1 Å². The van der Waals surface area contributed by atoms with Gasteiger partial charge in [0.1, 0.15) is 10.8 Å². The largest absolute Gasteiger partial charge is 0.496 e. The van der Waals surface area contributed by atoms with Crippen molar-refractivity contribution in [2.24, 2.45) is 0 Å². The SMILES string of the molecule is CCNCCc1nnc(-c2cc(Cl)ccc2OC)s1. The van der Waals surface area contributed by atoms with Crippen molar-refractivity contribution >= 4 is 22.9 Å². The number of rotatable bonds is 6. The van der Waals surface area contributed by atoms with E-state index in [1.165, 1.54) is 0 Å². The lowest BCUT2D eigenvalue weighted by molar-refractivity contribution is 0.416. The molecule has 0 saturated heterocycles. The lowest BCUT2D eigenvalue weighted by Gasteiger charge is -2.05. The van der Waals surface area contributed by atoms with Crippen molar-refractivity contribution in [3.63, 3.8) is 0 Å². The Morgan fingerprint density at radius 3 is 2.95 bits per heavy atom. The van der Waals surface area contributed by atoms with Gasteiger partial charge in [-0.15, -0.1) is 10.2 Å². The van der Waals surface area contributed by atoms with E-state index < -0.39 is 0 Å². The minimum absolute atomic E-state index is 0.667. The number of nitrogens with zero attached hydrogens (tertiary/aromatic N) is 2. The number of likely N-dealkylation sites (N-methyl/N-ethyl adjacent to an activating group) is 1. The molecule has 2 rings (SSSR count). The van der Waals surface area contributed by atoms with Crippen LogP contribution in [0.15, 0.2) is 18.2 Å². The van der Waals surface area contributed by atoms with E-state index in [2.05, 4.69) is 22.4 Å². The predicted octanol–water partition coefficient (Wildman–Crippen LogP) is 3.02. The number of ether oxygens (including phenoxy) is 1. The third-order valence-corrected chi connectivity index (χ3v) is 3.88. The zero-order valence-electron chi connectivity index (χ0n) is 10.9. The van der Waals surface area contributed by atoms with Gasteiger partial charge < -0.3 is 10.1 Å². The van der Waals surface area contributed by atoms with Gasteiger partial charge in [-0.1, -0.05) is 29.9 Å². The van der Waals surface area contributed by atoms with Crippen molar-refractivity contribution in [3.05, 3.63) is 28.2 Å². The number of benzene rings is 1. The summed E-state index contributed by atoms with van der Waals surface area (Å²) in [6, 6.07) is 5.50.